The minimum atomic E-state index is -0.445. The van der Waals surface area contributed by atoms with Gasteiger partial charge in [0.05, 0.1) is 16.3 Å². The molecule has 0 unspecified atom stereocenters. The van der Waals surface area contributed by atoms with Crippen LogP contribution in [0.3, 0.4) is 0 Å². The lowest BCUT2D eigenvalue weighted by molar-refractivity contribution is -0.384. The van der Waals surface area contributed by atoms with Crippen LogP contribution < -0.4 is 15.1 Å². The Morgan fingerprint density at radius 2 is 1.59 bits per heavy atom. The number of hydrogen-bond donors (Lipinski definition) is 1. The highest BCUT2D eigenvalue weighted by molar-refractivity contribution is 6.31. The van der Waals surface area contributed by atoms with E-state index in [0.29, 0.717) is 48.5 Å². The smallest absolute Gasteiger partial charge is 0.293 e. The van der Waals surface area contributed by atoms with Crippen molar-refractivity contribution >= 4 is 46.2 Å². The molecule has 198 valence electrons. The first kappa shape index (κ1) is 26.7. The van der Waals surface area contributed by atoms with Gasteiger partial charge in [-0.25, -0.2) is 0 Å². The zero-order valence-corrected chi connectivity index (χ0v) is 22.3. The van der Waals surface area contributed by atoms with Crippen LogP contribution in [0.15, 0.2) is 36.4 Å². The van der Waals surface area contributed by atoms with E-state index >= 15 is 0 Å². The number of piperazine rings is 1. The molecule has 4 rings (SSSR count). The Morgan fingerprint density at radius 3 is 2.22 bits per heavy atom. The first-order valence-corrected chi connectivity index (χ1v) is 13.2. The summed E-state index contributed by atoms with van der Waals surface area (Å²) >= 11 is 6.25. The fraction of sp³-hybridized carbons (Fsp3) is 0.481. The molecule has 37 heavy (non-hydrogen) atoms. The Morgan fingerprint density at radius 1 is 0.973 bits per heavy atom. The van der Waals surface area contributed by atoms with Gasteiger partial charge in [0.15, 0.2) is 0 Å². The molecule has 2 amide bonds. The van der Waals surface area contributed by atoms with Gasteiger partial charge in [0.1, 0.15) is 5.69 Å². The molecule has 2 aromatic carbocycles. The van der Waals surface area contributed by atoms with Crippen LogP contribution in [-0.2, 0) is 4.79 Å². The summed E-state index contributed by atoms with van der Waals surface area (Å²) in [6, 6.07) is 9.95. The minimum Gasteiger partial charge on any atom is -0.366 e. The molecule has 2 aromatic rings. The predicted molar refractivity (Wildman–Crippen MR) is 147 cm³/mol. The highest BCUT2D eigenvalue weighted by Crippen LogP contribution is 2.34. The van der Waals surface area contributed by atoms with Gasteiger partial charge in [0, 0.05) is 61.8 Å². The highest BCUT2D eigenvalue weighted by atomic mass is 35.5. The minimum absolute atomic E-state index is 0.0501. The summed E-state index contributed by atoms with van der Waals surface area (Å²) in [7, 11) is 0. The van der Waals surface area contributed by atoms with E-state index in [1.54, 1.807) is 24.3 Å². The van der Waals surface area contributed by atoms with E-state index in [1.807, 2.05) is 29.7 Å². The van der Waals surface area contributed by atoms with Gasteiger partial charge in [-0.1, -0.05) is 32.4 Å². The van der Waals surface area contributed by atoms with E-state index in [1.165, 1.54) is 6.07 Å². The summed E-state index contributed by atoms with van der Waals surface area (Å²) in [5, 5.41) is 15.3. The van der Waals surface area contributed by atoms with E-state index in [-0.39, 0.29) is 23.1 Å². The molecular formula is C27H34ClN5O4. The number of nitrogens with zero attached hydrogens (tertiary/aromatic N) is 4. The van der Waals surface area contributed by atoms with Crippen molar-refractivity contribution in [2.75, 3.05) is 54.4 Å². The summed E-state index contributed by atoms with van der Waals surface area (Å²) in [5.41, 5.74) is 2.00. The average molecular weight is 528 g/mol. The molecule has 2 saturated heterocycles. The number of benzene rings is 2. The normalized spacial score (nSPS) is 16.7. The molecule has 0 aromatic heterocycles. The third-order valence-electron chi connectivity index (χ3n) is 7.19. The third-order valence-corrected chi connectivity index (χ3v) is 7.43. The van der Waals surface area contributed by atoms with E-state index in [2.05, 4.69) is 17.1 Å². The highest BCUT2D eigenvalue weighted by Gasteiger charge is 2.27. The van der Waals surface area contributed by atoms with Crippen molar-refractivity contribution in [1.29, 1.82) is 0 Å². The molecule has 9 nitrogen and oxygen atoms in total. The maximum absolute atomic E-state index is 13.2. The second kappa shape index (κ2) is 11.4. The summed E-state index contributed by atoms with van der Waals surface area (Å²) in [6.07, 6.45) is 1.97. The second-order valence-electron chi connectivity index (χ2n) is 10.2. The lowest BCUT2D eigenvalue weighted by Gasteiger charge is -2.37. The van der Waals surface area contributed by atoms with Crippen molar-refractivity contribution in [1.82, 2.24) is 4.90 Å². The Kier molecular flexibility index (Phi) is 8.22. The van der Waals surface area contributed by atoms with Crippen molar-refractivity contribution in [2.45, 2.75) is 33.6 Å². The van der Waals surface area contributed by atoms with Crippen molar-refractivity contribution < 1.29 is 14.5 Å². The third kappa shape index (κ3) is 6.15. The Bertz CT molecular complexity index is 1170. The van der Waals surface area contributed by atoms with Crippen LogP contribution in [0.1, 0.15) is 44.0 Å². The van der Waals surface area contributed by atoms with Crippen LogP contribution in [-0.4, -0.2) is 60.9 Å². The zero-order valence-electron chi connectivity index (χ0n) is 21.6. The molecule has 2 heterocycles. The van der Waals surface area contributed by atoms with Crippen LogP contribution in [0.4, 0.5) is 22.7 Å². The molecule has 1 N–H and O–H groups in total. The molecule has 0 spiro atoms. The van der Waals surface area contributed by atoms with E-state index < -0.39 is 10.8 Å². The standard InChI is InChI=1S/C27H34ClN5O4/c1-18(2)27(35)32-14-12-31(13-15-32)23-7-5-21(28)17-22(23)29-26(34)20-4-6-24(25(16-20)33(36)37)30-10-8-19(3)9-11-30/h4-7,16-19H,8-15H2,1-3H3,(H,29,34). The Hall–Kier alpha value is -3.33. The second-order valence-corrected chi connectivity index (χ2v) is 10.6. The van der Waals surface area contributed by atoms with Crippen molar-refractivity contribution in [3.05, 3.63) is 57.1 Å². The lowest BCUT2D eigenvalue weighted by Crippen LogP contribution is -2.50. The quantitative estimate of drug-likeness (QED) is 0.417. The molecule has 0 atom stereocenters. The van der Waals surface area contributed by atoms with Crippen LogP contribution in [0, 0.1) is 22.0 Å². The first-order valence-electron chi connectivity index (χ1n) is 12.8. The van der Waals surface area contributed by atoms with Crippen LogP contribution in [0.25, 0.3) is 0 Å². The molecule has 2 aliphatic rings. The zero-order chi connectivity index (χ0) is 26.7. The largest absolute Gasteiger partial charge is 0.366 e. The van der Waals surface area contributed by atoms with Gasteiger partial charge in [-0.15, -0.1) is 0 Å². The van der Waals surface area contributed by atoms with Gasteiger partial charge in [0.2, 0.25) is 5.91 Å². The summed E-state index contributed by atoms with van der Waals surface area (Å²) in [4.78, 5) is 43.0. The number of piperidine rings is 1. The Balaban J connectivity index is 1.52. The average Bonchev–Trinajstić information content (AvgIpc) is 2.88. The van der Waals surface area contributed by atoms with Gasteiger partial charge < -0.3 is 20.0 Å². The monoisotopic (exact) mass is 527 g/mol. The molecule has 0 aliphatic carbocycles. The van der Waals surface area contributed by atoms with Crippen LogP contribution in [0.5, 0.6) is 0 Å². The van der Waals surface area contributed by atoms with E-state index in [9.17, 15) is 19.7 Å². The van der Waals surface area contributed by atoms with Crippen molar-refractivity contribution in [2.24, 2.45) is 11.8 Å². The van der Waals surface area contributed by atoms with Gasteiger partial charge in [-0.05, 0) is 49.1 Å². The molecule has 2 aliphatic heterocycles. The summed E-state index contributed by atoms with van der Waals surface area (Å²) in [5.74, 6) is 0.240. The van der Waals surface area contributed by atoms with E-state index in [4.69, 9.17) is 11.6 Å². The molecule has 0 radical (unpaired) electrons. The van der Waals surface area contributed by atoms with Crippen molar-refractivity contribution in [3.63, 3.8) is 0 Å². The Labute approximate surface area is 222 Å². The molecular weight excluding hydrogens is 494 g/mol. The summed E-state index contributed by atoms with van der Waals surface area (Å²) in [6.45, 7) is 9.93. The van der Waals surface area contributed by atoms with Crippen LogP contribution >= 0.6 is 11.6 Å². The SMILES string of the molecule is CC1CCN(c2ccc(C(=O)Nc3cc(Cl)ccc3N3CCN(C(=O)C(C)C)CC3)cc2[N+](=O)[O-])CC1. The fourth-order valence-electron chi connectivity index (χ4n) is 4.94. The molecule has 2 fully saturated rings. The number of anilines is 3. The van der Waals surface area contributed by atoms with Gasteiger partial charge in [0.25, 0.3) is 11.6 Å². The van der Waals surface area contributed by atoms with Gasteiger partial charge in [-0.3, -0.25) is 19.7 Å². The summed E-state index contributed by atoms with van der Waals surface area (Å²) < 4.78 is 0. The number of carbonyl (C=O) groups excluding carboxylic acids is 2. The lowest BCUT2D eigenvalue weighted by atomic mass is 9.98. The number of amides is 2. The topological polar surface area (TPSA) is 99.0 Å². The first-order chi connectivity index (χ1) is 17.6. The number of nitro groups is 1. The molecule has 0 saturated carbocycles. The number of nitrogens with one attached hydrogen (secondary N) is 1. The number of nitro benzene ring substituents is 1. The van der Waals surface area contributed by atoms with Crippen molar-refractivity contribution in [3.8, 4) is 0 Å². The van der Waals surface area contributed by atoms with Crippen LogP contribution in [0.2, 0.25) is 5.02 Å². The van der Waals surface area contributed by atoms with Gasteiger partial charge >= 0.3 is 0 Å². The number of halogens is 1. The maximum Gasteiger partial charge on any atom is 0.293 e. The fourth-order valence-corrected chi connectivity index (χ4v) is 5.11. The molecule has 0 bridgehead atoms. The number of rotatable bonds is 6. The maximum atomic E-state index is 13.2. The number of carbonyl (C=O) groups is 2. The molecule has 10 heteroatoms. The number of hydrogen-bond acceptors (Lipinski definition) is 6. The predicted octanol–water partition coefficient (Wildman–Crippen LogP) is 5.04. The van der Waals surface area contributed by atoms with E-state index in [0.717, 1.165) is 31.6 Å². The van der Waals surface area contributed by atoms with Gasteiger partial charge in [-0.2, -0.15) is 0 Å².